The Kier molecular flexibility index (Phi) is 13.9. The molecule has 0 unspecified atom stereocenters. The van der Waals surface area contributed by atoms with Crippen LogP contribution in [0.3, 0.4) is 0 Å². The largest absolute Gasteiger partial charge is 3.00 e. The molecule has 1 N–H and O–H groups in total. The van der Waals surface area contributed by atoms with Gasteiger partial charge in [-0.1, -0.05) is 24.3 Å². The third-order valence-corrected chi connectivity index (χ3v) is 3.38. The van der Waals surface area contributed by atoms with E-state index in [0.29, 0.717) is 5.82 Å². The number of aromatic nitrogens is 6. The van der Waals surface area contributed by atoms with E-state index in [-0.39, 0.29) is 19.5 Å². The monoisotopic (exact) mass is 556 g/mol. The molecule has 5 rings (SSSR count). The van der Waals surface area contributed by atoms with E-state index in [1.165, 1.54) is 36.4 Å². The van der Waals surface area contributed by atoms with Gasteiger partial charge in [0, 0.05) is 30.7 Å². The number of nitrogens with one attached hydrogen (secondary N) is 1. The van der Waals surface area contributed by atoms with Crippen molar-refractivity contribution in [3.8, 4) is 11.5 Å². The van der Waals surface area contributed by atoms with Crippen LogP contribution >= 0.6 is 0 Å². The molecule has 173 valence electrons. The molecule has 2 aromatic carbocycles. The van der Waals surface area contributed by atoms with Crippen molar-refractivity contribution in [1.82, 2.24) is 30.6 Å². The molecular formula is C23H18F4N6Ru+3. The van der Waals surface area contributed by atoms with E-state index in [2.05, 4.69) is 30.6 Å². The Morgan fingerprint density at radius 1 is 0.588 bits per heavy atom. The van der Waals surface area contributed by atoms with Gasteiger partial charge >= 0.3 is 19.5 Å². The average Bonchev–Trinajstić information content (AvgIpc) is 3.37. The average molecular weight is 556 g/mol. The molecule has 0 bridgehead atoms. The summed E-state index contributed by atoms with van der Waals surface area (Å²) in [5, 5.41) is 13.3. The number of aromatic amines is 1. The summed E-state index contributed by atoms with van der Waals surface area (Å²) in [6.45, 7) is 0. The molecule has 0 amide bonds. The summed E-state index contributed by atoms with van der Waals surface area (Å²) in [6, 6.07) is 20.4. The van der Waals surface area contributed by atoms with Crippen molar-refractivity contribution < 1.29 is 37.0 Å². The number of H-pyrrole nitrogens is 1. The first-order valence-corrected chi connectivity index (χ1v) is 9.36. The van der Waals surface area contributed by atoms with Gasteiger partial charge in [-0.15, -0.1) is 10.2 Å². The molecule has 34 heavy (non-hydrogen) atoms. The maximum Gasteiger partial charge on any atom is 3.00 e. The Morgan fingerprint density at radius 2 is 1.12 bits per heavy atom. The van der Waals surface area contributed by atoms with Gasteiger partial charge in [0.15, 0.2) is 0 Å². The van der Waals surface area contributed by atoms with Crippen molar-refractivity contribution in [3.05, 3.63) is 127 Å². The second-order valence-corrected chi connectivity index (χ2v) is 5.85. The summed E-state index contributed by atoms with van der Waals surface area (Å²) in [5.74, 6) is -1.63. The summed E-state index contributed by atoms with van der Waals surface area (Å²) in [6.07, 6.45) is 5.19. The molecule has 5 aromatic rings. The van der Waals surface area contributed by atoms with Gasteiger partial charge < -0.3 is 0 Å². The zero-order valence-corrected chi connectivity index (χ0v) is 19.2. The maximum absolute atomic E-state index is 11.9. The van der Waals surface area contributed by atoms with Gasteiger partial charge in [-0.3, -0.25) is 9.97 Å². The van der Waals surface area contributed by atoms with Crippen LogP contribution in [0.25, 0.3) is 11.5 Å². The van der Waals surface area contributed by atoms with Crippen molar-refractivity contribution in [2.75, 3.05) is 0 Å². The van der Waals surface area contributed by atoms with E-state index < -0.39 is 23.3 Å². The SMILES string of the molecule is Fc1cccc(F)c1.Fc1cccc(F)c1.[Ru+3].c1ccc(-c2nn[nH]n2)nc1.c1ccncc1. The minimum atomic E-state index is -0.537. The molecule has 0 aliphatic rings. The van der Waals surface area contributed by atoms with Gasteiger partial charge in [-0.05, 0) is 53.7 Å². The summed E-state index contributed by atoms with van der Waals surface area (Å²) in [7, 11) is 0. The van der Waals surface area contributed by atoms with Crippen LogP contribution in [-0.2, 0) is 19.5 Å². The predicted molar refractivity (Wildman–Crippen MR) is 114 cm³/mol. The van der Waals surface area contributed by atoms with Crippen LogP contribution in [0.4, 0.5) is 17.6 Å². The van der Waals surface area contributed by atoms with E-state index in [1.807, 2.05) is 36.4 Å². The fourth-order valence-corrected chi connectivity index (χ4v) is 2.00. The molecule has 0 aliphatic carbocycles. The quantitative estimate of drug-likeness (QED) is 0.225. The van der Waals surface area contributed by atoms with Crippen LogP contribution in [-0.4, -0.2) is 30.6 Å². The second-order valence-electron chi connectivity index (χ2n) is 5.85. The molecule has 0 fully saturated rings. The van der Waals surface area contributed by atoms with Gasteiger partial charge in [0.25, 0.3) is 0 Å². The molecule has 0 aliphatic heterocycles. The third kappa shape index (κ3) is 12.3. The second kappa shape index (κ2) is 16.7. The first kappa shape index (κ1) is 28.2. The third-order valence-electron chi connectivity index (χ3n) is 3.38. The van der Waals surface area contributed by atoms with Crippen molar-refractivity contribution in [3.63, 3.8) is 0 Å². The Morgan fingerprint density at radius 3 is 1.41 bits per heavy atom. The zero-order chi connectivity index (χ0) is 23.7. The van der Waals surface area contributed by atoms with E-state index in [0.717, 1.165) is 17.8 Å². The fourth-order valence-electron chi connectivity index (χ4n) is 2.00. The predicted octanol–water partition coefficient (Wildman–Crippen LogP) is 5.27. The van der Waals surface area contributed by atoms with Crippen LogP contribution in [0.5, 0.6) is 0 Å². The molecule has 6 nitrogen and oxygen atoms in total. The molecule has 3 heterocycles. The minimum Gasteiger partial charge on any atom is -0.265 e. The van der Waals surface area contributed by atoms with Crippen LogP contribution in [0.1, 0.15) is 0 Å². The van der Waals surface area contributed by atoms with Gasteiger partial charge in [-0.2, -0.15) is 5.21 Å². The van der Waals surface area contributed by atoms with Gasteiger partial charge in [0.05, 0.1) is 0 Å². The minimum absolute atomic E-state index is 0. The molecular weight excluding hydrogens is 537 g/mol. The van der Waals surface area contributed by atoms with Crippen molar-refractivity contribution in [2.24, 2.45) is 0 Å². The normalized spacial score (nSPS) is 8.94. The Balaban J connectivity index is 0.000000230. The van der Waals surface area contributed by atoms with Gasteiger partial charge in [0.1, 0.15) is 29.0 Å². The van der Waals surface area contributed by atoms with Crippen LogP contribution in [0, 0.1) is 23.3 Å². The van der Waals surface area contributed by atoms with Crippen molar-refractivity contribution in [2.45, 2.75) is 0 Å². The molecule has 0 saturated heterocycles. The number of pyridine rings is 2. The smallest absolute Gasteiger partial charge is 0.265 e. The Hall–Kier alpha value is -3.85. The zero-order valence-electron chi connectivity index (χ0n) is 17.4. The summed E-state index contributed by atoms with van der Waals surface area (Å²) in [5.41, 5.74) is 0.723. The number of nitrogens with zero attached hydrogens (tertiary/aromatic N) is 5. The van der Waals surface area contributed by atoms with Crippen LogP contribution in [0.2, 0.25) is 0 Å². The van der Waals surface area contributed by atoms with E-state index in [1.54, 1.807) is 18.6 Å². The number of halogens is 4. The number of benzene rings is 2. The standard InChI is InChI=1S/2C6H4F2.C6H5N5.C5H5N.Ru/c2*7-5-2-1-3-6(8)4-5;1-2-4-7-5(3-1)6-8-10-11-9-6;1-2-4-6-5-3-1;/h2*1-4H;1-4H,(H,8,9,10,11);1-5H;/q;;;;+3. The van der Waals surface area contributed by atoms with Gasteiger partial charge in [0.2, 0.25) is 5.82 Å². The van der Waals surface area contributed by atoms with E-state index in [9.17, 15) is 17.6 Å². The molecule has 1 radical (unpaired) electrons. The maximum atomic E-state index is 11.9. The van der Waals surface area contributed by atoms with Gasteiger partial charge in [-0.25, -0.2) is 17.6 Å². The van der Waals surface area contributed by atoms with Crippen LogP contribution in [0.15, 0.2) is 104 Å². The molecule has 0 atom stereocenters. The Bertz CT molecular complexity index is 1060. The summed E-state index contributed by atoms with van der Waals surface area (Å²) >= 11 is 0. The molecule has 0 spiro atoms. The molecule has 11 heteroatoms. The summed E-state index contributed by atoms with van der Waals surface area (Å²) < 4.78 is 47.7. The number of tetrazole rings is 1. The van der Waals surface area contributed by atoms with E-state index in [4.69, 9.17) is 0 Å². The van der Waals surface area contributed by atoms with Crippen molar-refractivity contribution in [1.29, 1.82) is 0 Å². The number of rotatable bonds is 1. The topological polar surface area (TPSA) is 80.2 Å². The molecule has 0 saturated carbocycles. The number of hydrogen-bond acceptors (Lipinski definition) is 5. The van der Waals surface area contributed by atoms with E-state index >= 15 is 0 Å². The Labute approximate surface area is 205 Å². The van der Waals surface area contributed by atoms with Crippen LogP contribution < -0.4 is 0 Å². The summed E-state index contributed by atoms with van der Waals surface area (Å²) in [4.78, 5) is 7.82. The first-order chi connectivity index (χ1) is 16.0. The fraction of sp³-hybridized carbons (Fsp3) is 0. The van der Waals surface area contributed by atoms with Crippen molar-refractivity contribution >= 4 is 0 Å². The molecule has 3 aromatic heterocycles. The first-order valence-electron chi connectivity index (χ1n) is 9.36. The number of hydrogen-bond donors (Lipinski definition) is 1.